The van der Waals surface area contributed by atoms with Crippen LogP contribution in [0.2, 0.25) is 0 Å². The number of carbonyl (C=O) groups excluding carboxylic acids is 1. The normalized spacial score (nSPS) is 11.0. The van der Waals surface area contributed by atoms with E-state index < -0.39 is 15.8 Å². The number of halogens is 1. The Labute approximate surface area is 216 Å². The number of benzene rings is 3. The molecule has 1 heterocycles. The summed E-state index contributed by atoms with van der Waals surface area (Å²) in [5.74, 6) is 0.0583. The van der Waals surface area contributed by atoms with Gasteiger partial charge in [-0.2, -0.15) is 5.10 Å². The first-order chi connectivity index (χ1) is 17.7. The summed E-state index contributed by atoms with van der Waals surface area (Å²) < 4.78 is 17.2. The molecule has 0 saturated carbocycles. The molecule has 0 fully saturated rings. The molecule has 188 valence electrons. The third-order valence-corrected chi connectivity index (χ3v) is 5.79. The molecule has 0 saturated heterocycles. The molecule has 13 heteroatoms. The standard InChI is InChI=1S/C24H17BrN4O8/c1-35-21-10-16(19(25)11-22(21)36-13-14-3-2-4-17(7-14)28(31)32)12-26-27-24(30)23-9-15-8-18(29(33)34)5-6-20(15)37-23/h2-12H,13H2,1H3,(H,27,30)/b26-12-. The summed E-state index contributed by atoms with van der Waals surface area (Å²) in [6, 6.07) is 14.8. The van der Waals surface area contributed by atoms with E-state index in [1.54, 1.807) is 24.3 Å². The Morgan fingerprint density at radius 3 is 2.54 bits per heavy atom. The number of nitrogens with zero attached hydrogens (tertiary/aromatic N) is 3. The molecule has 1 amide bonds. The second kappa shape index (κ2) is 10.9. The minimum absolute atomic E-state index is 0.0354. The monoisotopic (exact) mass is 568 g/mol. The molecule has 12 nitrogen and oxygen atoms in total. The first kappa shape index (κ1) is 25.3. The molecule has 37 heavy (non-hydrogen) atoms. The number of amides is 1. The maximum atomic E-state index is 12.4. The van der Waals surface area contributed by atoms with Crippen molar-refractivity contribution in [1.29, 1.82) is 0 Å². The molecule has 0 spiro atoms. The fourth-order valence-electron chi connectivity index (χ4n) is 3.31. The molecule has 0 aliphatic carbocycles. The minimum atomic E-state index is -0.643. The van der Waals surface area contributed by atoms with Crippen molar-refractivity contribution in [3.63, 3.8) is 0 Å². The zero-order valence-corrected chi connectivity index (χ0v) is 20.6. The lowest BCUT2D eigenvalue weighted by Crippen LogP contribution is -2.16. The van der Waals surface area contributed by atoms with Crippen molar-refractivity contribution in [2.75, 3.05) is 7.11 Å². The lowest BCUT2D eigenvalue weighted by atomic mass is 10.2. The molecule has 0 bridgehead atoms. The Morgan fingerprint density at radius 2 is 1.81 bits per heavy atom. The lowest BCUT2D eigenvalue weighted by molar-refractivity contribution is -0.385. The van der Waals surface area contributed by atoms with Crippen LogP contribution in [0.4, 0.5) is 11.4 Å². The highest BCUT2D eigenvalue weighted by atomic mass is 79.9. The van der Waals surface area contributed by atoms with Crippen LogP contribution >= 0.6 is 15.9 Å². The van der Waals surface area contributed by atoms with Gasteiger partial charge in [-0.1, -0.05) is 12.1 Å². The second-order valence-corrected chi connectivity index (χ2v) is 8.38. The van der Waals surface area contributed by atoms with E-state index in [0.717, 1.165) is 0 Å². The first-order valence-electron chi connectivity index (χ1n) is 10.5. The van der Waals surface area contributed by atoms with E-state index in [9.17, 15) is 25.0 Å². The third kappa shape index (κ3) is 5.90. The van der Waals surface area contributed by atoms with E-state index in [-0.39, 0.29) is 23.7 Å². The van der Waals surface area contributed by atoms with Gasteiger partial charge in [0.25, 0.3) is 11.4 Å². The van der Waals surface area contributed by atoms with Gasteiger partial charge in [0.2, 0.25) is 0 Å². The average molecular weight is 569 g/mol. The molecular formula is C24H17BrN4O8. The van der Waals surface area contributed by atoms with Gasteiger partial charge in [-0.3, -0.25) is 25.0 Å². The predicted molar refractivity (Wildman–Crippen MR) is 136 cm³/mol. The Balaban J connectivity index is 1.44. The Morgan fingerprint density at radius 1 is 1.05 bits per heavy atom. The van der Waals surface area contributed by atoms with Crippen molar-refractivity contribution in [3.8, 4) is 11.5 Å². The van der Waals surface area contributed by atoms with E-state index in [2.05, 4.69) is 26.5 Å². The highest BCUT2D eigenvalue weighted by Gasteiger charge is 2.15. The summed E-state index contributed by atoms with van der Waals surface area (Å²) in [4.78, 5) is 33.3. The zero-order valence-electron chi connectivity index (χ0n) is 19.0. The van der Waals surface area contributed by atoms with E-state index in [4.69, 9.17) is 13.9 Å². The molecule has 1 N–H and O–H groups in total. The number of ether oxygens (including phenoxy) is 2. The molecule has 4 aromatic rings. The Hall–Kier alpha value is -4.78. The third-order valence-electron chi connectivity index (χ3n) is 5.10. The van der Waals surface area contributed by atoms with Gasteiger partial charge in [-0.15, -0.1) is 0 Å². The van der Waals surface area contributed by atoms with Gasteiger partial charge in [0.05, 0.1) is 23.2 Å². The fourth-order valence-corrected chi connectivity index (χ4v) is 3.74. The summed E-state index contributed by atoms with van der Waals surface area (Å²) in [5.41, 5.74) is 3.68. The fraction of sp³-hybridized carbons (Fsp3) is 0.0833. The second-order valence-electron chi connectivity index (χ2n) is 7.53. The highest BCUT2D eigenvalue weighted by Crippen LogP contribution is 2.33. The molecule has 0 atom stereocenters. The number of fused-ring (bicyclic) bond motifs is 1. The van der Waals surface area contributed by atoms with Crippen LogP contribution in [0, 0.1) is 20.2 Å². The number of carbonyl (C=O) groups is 1. The molecule has 4 rings (SSSR count). The maximum Gasteiger partial charge on any atom is 0.307 e. The highest BCUT2D eigenvalue weighted by molar-refractivity contribution is 9.10. The smallest absolute Gasteiger partial charge is 0.307 e. The van der Waals surface area contributed by atoms with E-state index in [1.807, 2.05) is 0 Å². The average Bonchev–Trinajstić information content (AvgIpc) is 3.32. The summed E-state index contributed by atoms with van der Waals surface area (Å²) >= 11 is 3.42. The van der Waals surface area contributed by atoms with Crippen LogP contribution in [-0.4, -0.2) is 29.1 Å². The van der Waals surface area contributed by atoms with Crippen LogP contribution in [0.25, 0.3) is 11.0 Å². The predicted octanol–water partition coefficient (Wildman–Crippen LogP) is 5.36. The van der Waals surface area contributed by atoms with Gasteiger partial charge >= 0.3 is 5.91 Å². The quantitative estimate of drug-likeness (QED) is 0.160. The Bertz CT molecular complexity index is 1550. The number of hydrazone groups is 1. The molecular weight excluding hydrogens is 552 g/mol. The number of rotatable bonds is 9. The van der Waals surface area contributed by atoms with Crippen LogP contribution in [-0.2, 0) is 6.61 Å². The van der Waals surface area contributed by atoms with Crippen molar-refractivity contribution >= 4 is 50.4 Å². The molecule has 3 aromatic carbocycles. The largest absolute Gasteiger partial charge is 0.493 e. The molecule has 0 unspecified atom stereocenters. The van der Waals surface area contributed by atoms with Crippen molar-refractivity contribution in [2.24, 2.45) is 5.10 Å². The number of nitro groups is 2. The van der Waals surface area contributed by atoms with Gasteiger partial charge in [0.1, 0.15) is 12.2 Å². The topological polar surface area (TPSA) is 159 Å². The van der Waals surface area contributed by atoms with Crippen LogP contribution in [0.15, 0.2) is 74.7 Å². The molecule has 1 aromatic heterocycles. The number of hydrogen-bond acceptors (Lipinski definition) is 9. The number of nitro benzene ring substituents is 2. The molecule has 0 radical (unpaired) electrons. The number of hydrogen-bond donors (Lipinski definition) is 1. The van der Waals surface area contributed by atoms with Crippen LogP contribution in [0.1, 0.15) is 21.7 Å². The number of non-ortho nitro benzene ring substituents is 2. The van der Waals surface area contributed by atoms with Crippen molar-refractivity contribution in [2.45, 2.75) is 6.61 Å². The van der Waals surface area contributed by atoms with Crippen molar-refractivity contribution in [3.05, 3.63) is 102 Å². The molecule has 0 aliphatic rings. The van der Waals surface area contributed by atoms with Gasteiger partial charge in [-0.25, -0.2) is 5.43 Å². The van der Waals surface area contributed by atoms with Gasteiger partial charge in [-0.05, 0) is 45.8 Å². The summed E-state index contributed by atoms with van der Waals surface area (Å²) in [7, 11) is 1.46. The van der Waals surface area contributed by atoms with E-state index in [0.29, 0.717) is 38.1 Å². The van der Waals surface area contributed by atoms with Crippen molar-refractivity contribution in [1.82, 2.24) is 5.43 Å². The van der Waals surface area contributed by atoms with Crippen molar-refractivity contribution < 1.29 is 28.5 Å². The lowest BCUT2D eigenvalue weighted by Gasteiger charge is -2.12. The van der Waals surface area contributed by atoms with Gasteiger partial charge in [0.15, 0.2) is 17.3 Å². The van der Waals surface area contributed by atoms with Gasteiger partial charge in [0, 0.05) is 39.7 Å². The Kier molecular flexibility index (Phi) is 7.44. The summed E-state index contributed by atoms with van der Waals surface area (Å²) in [5, 5.41) is 26.2. The van der Waals surface area contributed by atoms with Crippen LogP contribution in [0.3, 0.4) is 0 Å². The summed E-state index contributed by atoms with van der Waals surface area (Å²) in [6.07, 6.45) is 1.38. The number of furan rings is 1. The van der Waals surface area contributed by atoms with Gasteiger partial charge < -0.3 is 13.9 Å². The van der Waals surface area contributed by atoms with Crippen LogP contribution in [0.5, 0.6) is 11.5 Å². The number of methoxy groups -OCH3 is 1. The SMILES string of the molecule is COc1cc(/C=N\NC(=O)c2cc3cc([N+](=O)[O-])ccc3o2)c(Br)cc1OCc1cccc([N+](=O)[O-])c1. The maximum absolute atomic E-state index is 12.4. The summed E-state index contributed by atoms with van der Waals surface area (Å²) in [6.45, 7) is 0.0780. The minimum Gasteiger partial charge on any atom is -0.493 e. The first-order valence-corrected chi connectivity index (χ1v) is 11.3. The van der Waals surface area contributed by atoms with Crippen LogP contribution < -0.4 is 14.9 Å². The zero-order chi connectivity index (χ0) is 26.5. The van der Waals surface area contributed by atoms with E-state index in [1.165, 1.54) is 49.7 Å². The number of nitrogens with one attached hydrogen (secondary N) is 1. The van der Waals surface area contributed by atoms with E-state index >= 15 is 0 Å². The molecule has 0 aliphatic heterocycles.